The number of thioether (sulfide) groups is 1. The maximum absolute atomic E-state index is 11.6. The van der Waals surface area contributed by atoms with Crippen LogP contribution >= 0.6 is 24.2 Å². The van der Waals surface area contributed by atoms with E-state index in [-0.39, 0.29) is 24.4 Å². The van der Waals surface area contributed by atoms with E-state index in [1.54, 1.807) is 11.8 Å². The molecule has 0 radical (unpaired) electrons. The highest BCUT2D eigenvalue weighted by Crippen LogP contribution is 2.09. The summed E-state index contributed by atoms with van der Waals surface area (Å²) in [5.41, 5.74) is 0. The molecule has 0 unspecified atom stereocenters. The number of rotatable bonds is 3. The van der Waals surface area contributed by atoms with Crippen molar-refractivity contribution in [1.82, 2.24) is 10.6 Å². The van der Waals surface area contributed by atoms with E-state index in [9.17, 15) is 13.6 Å². The van der Waals surface area contributed by atoms with Crippen LogP contribution in [0.25, 0.3) is 0 Å². The van der Waals surface area contributed by atoms with Crippen molar-refractivity contribution in [3.63, 3.8) is 0 Å². The van der Waals surface area contributed by atoms with E-state index in [1.807, 2.05) is 0 Å². The van der Waals surface area contributed by atoms with Crippen LogP contribution in [0.2, 0.25) is 0 Å². The van der Waals surface area contributed by atoms with Crippen LogP contribution in [0.3, 0.4) is 0 Å². The summed E-state index contributed by atoms with van der Waals surface area (Å²) in [6.07, 6.45) is -2.47. The fraction of sp³-hybridized carbons (Fsp3) is 0.833. The average molecular weight is 233 g/mol. The SMILES string of the molecule is Cl.O=C(NCC(F)F)[C@H]1CSCN1. The van der Waals surface area contributed by atoms with Crippen LogP contribution in [0.4, 0.5) is 8.78 Å². The molecule has 0 aliphatic carbocycles. The van der Waals surface area contributed by atoms with Gasteiger partial charge in [0.1, 0.15) is 0 Å². The molecule has 1 atom stereocenters. The Kier molecular flexibility index (Phi) is 6.36. The van der Waals surface area contributed by atoms with Gasteiger partial charge in [-0.15, -0.1) is 24.2 Å². The Balaban J connectivity index is 0.00000144. The van der Waals surface area contributed by atoms with Crippen molar-refractivity contribution in [2.45, 2.75) is 12.5 Å². The first-order valence-electron chi connectivity index (χ1n) is 3.57. The Morgan fingerprint density at radius 3 is 2.85 bits per heavy atom. The van der Waals surface area contributed by atoms with E-state index in [0.29, 0.717) is 11.6 Å². The van der Waals surface area contributed by atoms with Gasteiger partial charge in [-0.1, -0.05) is 0 Å². The van der Waals surface area contributed by atoms with Gasteiger partial charge in [-0.25, -0.2) is 8.78 Å². The zero-order valence-corrected chi connectivity index (χ0v) is 8.39. The summed E-state index contributed by atoms with van der Waals surface area (Å²) in [4.78, 5) is 11.0. The quantitative estimate of drug-likeness (QED) is 0.743. The van der Waals surface area contributed by atoms with Crippen molar-refractivity contribution >= 4 is 30.1 Å². The molecule has 1 aliphatic rings. The second kappa shape index (κ2) is 6.39. The molecule has 2 N–H and O–H groups in total. The van der Waals surface area contributed by atoms with Crippen LogP contribution in [0.1, 0.15) is 0 Å². The maximum atomic E-state index is 11.6. The van der Waals surface area contributed by atoms with E-state index in [2.05, 4.69) is 10.6 Å². The van der Waals surface area contributed by atoms with Gasteiger partial charge in [0.25, 0.3) is 6.43 Å². The molecular weight excluding hydrogens is 222 g/mol. The summed E-state index contributed by atoms with van der Waals surface area (Å²) in [5.74, 6) is 1.04. The van der Waals surface area contributed by atoms with Crippen molar-refractivity contribution in [3.8, 4) is 0 Å². The molecule has 0 spiro atoms. The van der Waals surface area contributed by atoms with Crippen LogP contribution in [-0.4, -0.2) is 36.5 Å². The normalized spacial score (nSPS) is 21.3. The first kappa shape index (κ1) is 12.9. The van der Waals surface area contributed by atoms with Gasteiger partial charge in [-0.2, -0.15) is 0 Å². The van der Waals surface area contributed by atoms with Gasteiger partial charge >= 0.3 is 0 Å². The van der Waals surface area contributed by atoms with Crippen LogP contribution in [0.5, 0.6) is 0 Å². The summed E-state index contributed by atoms with van der Waals surface area (Å²) in [7, 11) is 0. The second-order valence-corrected chi connectivity index (χ2v) is 3.44. The number of amides is 1. The molecule has 0 aromatic heterocycles. The monoisotopic (exact) mass is 232 g/mol. The van der Waals surface area contributed by atoms with Crippen molar-refractivity contribution < 1.29 is 13.6 Å². The third-order valence-corrected chi connectivity index (χ3v) is 2.40. The Morgan fingerprint density at radius 2 is 2.38 bits per heavy atom. The van der Waals surface area contributed by atoms with Crippen molar-refractivity contribution in [2.75, 3.05) is 18.2 Å². The molecule has 1 heterocycles. The number of halogens is 3. The number of carbonyl (C=O) groups excluding carboxylic acids is 1. The summed E-state index contributed by atoms with van der Waals surface area (Å²) >= 11 is 1.59. The molecule has 1 aliphatic heterocycles. The van der Waals surface area contributed by atoms with E-state index in [1.165, 1.54) is 0 Å². The first-order valence-corrected chi connectivity index (χ1v) is 4.72. The molecule has 13 heavy (non-hydrogen) atoms. The Bertz CT molecular complexity index is 167. The minimum absolute atomic E-state index is 0. The number of alkyl halides is 2. The summed E-state index contributed by atoms with van der Waals surface area (Å²) in [6.45, 7) is -0.554. The zero-order chi connectivity index (χ0) is 8.97. The second-order valence-electron chi connectivity index (χ2n) is 2.41. The topological polar surface area (TPSA) is 41.1 Å². The van der Waals surface area contributed by atoms with Crippen molar-refractivity contribution in [2.24, 2.45) is 0 Å². The molecule has 1 rings (SSSR count). The van der Waals surface area contributed by atoms with Gasteiger partial charge < -0.3 is 5.32 Å². The lowest BCUT2D eigenvalue weighted by Crippen LogP contribution is -2.43. The van der Waals surface area contributed by atoms with E-state index in [4.69, 9.17) is 0 Å². The molecule has 1 fully saturated rings. The largest absolute Gasteiger partial charge is 0.349 e. The highest BCUT2D eigenvalue weighted by atomic mass is 35.5. The summed E-state index contributed by atoms with van der Waals surface area (Å²) in [6, 6.07) is -0.297. The van der Waals surface area contributed by atoms with Crippen LogP contribution in [-0.2, 0) is 4.79 Å². The van der Waals surface area contributed by atoms with Crippen molar-refractivity contribution in [1.29, 1.82) is 0 Å². The fourth-order valence-corrected chi connectivity index (χ4v) is 1.81. The number of carbonyl (C=O) groups is 1. The van der Waals surface area contributed by atoms with Gasteiger partial charge in [-0.05, 0) is 0 Å². The summed E-state index contributed by atoms with van der Waals surface area (Å²) < 4.78 is 23.3. The minimum Gasteiger partial charge on any atom is -0.349 e. The lowest BCUT2D eigenvalue weighted by Gasteiger charge is -2.09. The third-order valence-electron chi connectivity index (χ3n) is 1.46. The molecule has 0 aromatic rings. The maximum Gasteiger partial charge on any atom is 0.255 e. The van der Waals surface area contributed by atoms with Gasteiger partial charge in [0, 0.05) is 11.6 Å². The first-order chi connectivity index (χ1) is 5.70. The predicted octanol–water partition coefficient (Wildman–Crippen LogP) is 0.452. The third kappa shape index (κ3) is 4.64. The smallest absolute Gasteiger partial charge is 0.255 e. The molecule has 0 bridgehead atoms. The van der Waals surface area contributed by atoms with E-state index < -0.39 is 13.0 Å². The molecule has 78 valence electrons. The number of nitrogens with one attached hydrogen (secondary N) is 2. The van der Waals surface area contributed by atoms with Crippen molar-refractivity contribution in [3.05, 3.63) is 0 Å². The zero-order valence-electron chi connectivity index (χ0n) is 6.76. The Labute approximate surface area is 85.4 Å². The van der Waals surface area contributed by atoms with Gasteiger partial charge in [0.05, 0.1) is 12.6 Å². The molecule has 0 saturated carbocycles. The molecule has 0 aromatic carbocycles. The lowest BCUT2D eigenvalue weighted by molar-refractivity contribution is -0.123. The van der Waals surface area contributed by atoms with E-state index >= 15 is 0 Å². The van der Waals surface area contributed by atoms with Gasteiger partial charge in [0.15, 0.2) is 0 Å². The molecule has 3 nitrogen and oxygen atoms in total. The fourth-order valence-electron chi connectivity index (χ4n) is 0.865. The number of hydrogen-bond donors (Lipinski definition) is 2. The standard InChI is InChI=1S/C6H10F2N2OS.ClH/c7-5(8)1-9-6(11)4-2-12-3-10-4;/h4-5,10H,1-3H2,(H,9,11);1H/t4-;/m1./s1. The Hall–Kier alpha value is -0.0700. The van der Waals surface area contributed by atoms with Gasteiger partial charge in [0.2, 0.25) is 5.91 Å². The van der Waals surface area contributed by atoms with E-state index in [0.717, 1.165) is 0 Å². The summed E-state index contributed by atoms with van der Waals surface area (Å²) in [5, 5.41) is 5.05. The highest BCUT2D eigenvalue weighted by Gasteiger charge is 2.22. The minimum atomic E-state index is -2.47. The van der Waals surface area contributed by atoms with Crippen LogP contribution in [0.15, 0.2) is 0 Å². The van der Waals surface area contributed by atoms with Gasteiger partial charge in [-0.3, -0.25) is 10.1 Å². The molecule has 7 heteroatoms. The average Bonchev–Trinajstić information content (AvgIpc) is 2.51. The molecule has 1 amide bonds. The predicted molar refractivity (Wildman–Crippen MR) is 50.5 cm³/mol. The lowest BCUT2D eigenvalue weighted by atomic mass is 10.3. The highest BCUT2D eigenvalue weighted by molar-refractivity contribution is 7.99. The van der Waals surface area contributed by atoms with Crippen LogP contribution < -0.4 is 10.6 Å². The molecule has 1 saturated heterocycles. The molecular formula is C6H11ClF2N2OS. The Morgan fingerprint density at radius 1 is 1.69 bits per heavy atom. The number of hydrogen-bond acceptors (Lipinski definition) is 3. The van der Waals surface area contributed by atoms with Crippen LogP contribution in [0, 0.1) is 0 Å².